The number of hydrogen-bond donors (Lipinski definition) is 0. The van der Waals surface area contributed by atoms with E-state index in [1.165, 1.54) is 6.54 Å². The molecule has 1 aliphatic heterocycles. The highest BCUT2D eigenvalue weighted by molar-refractivity contribution is 6.77. The van der Waals surface area contributed by atoms with Crippen molar-refractivity contribution in [3.05, 3.63) is 0 Å². The average molecular weight is 253 g/mol. The molecule has 4 heteroatoms. The first kappa shape index (κ1) is 14.7. The first-order chi connectivity index (χ1) is 7.68. The van der Waals surface area contributed by atoms with Crippen molar-refractivity contribution in [3.63, 3.8) is 0 Å². The average Bonchev–Trinajstić information content (AvgIpc) is 2.64. The predicted octanol–water partition coefficient (Wildman–Crippen LogP) is 2.73. The number of rotatable bonds is 3. The molecule has 1 unspecified atom stereocenters. The third-order valence-electron chi connectivity index (χ3n) is 4.44. The fourth-order valence-corrected chi connectivity index (χ4v) is 4.31. The second-order valence-corrected chi connectivity index (χ2v) is 12.1. The molecule has 1 heterocycles. The molecule has 0 radical (unpaired) electrons. The van der Waals surface area contributed by atoms with E-state index >= 15 is 0 Å². The first-order valence-corrected chi connectivity index (χ1v) is 9.50. The second kappa shape index (κ2) is 5.09. The molecule has 0 aromatic heterocycles. The minimum Gasteiger partial charge on any atom is -0.310 e. The van der Waals surface area contributed by atoms with Crippen LogP contribution < -0.4 is 0 Å². The lowest BCUT2D eigenvalue weighted by Crippen LogP contribution is -2.54. The van der Waals surface area contributed by atoms with Crippen LogP contribution in [0.15, 0.2) is 0 Å². The normalized spacial score (nSPS) is 21.5. The van der Waals surface area contributed by atoms with Gasteiger partial charge in [-0.15, -0.1) is 0 Å². The zero-order chi connectivity index (χ0) is 13.3. The van der Waals surface area contributed by atoms with Crippen molar-refractivity contribution in [3.8, 4) is 6.07 Å². The Labute approximate surface area is 107 Å². The molecule has 0 spiro atoms. The summed E-state index contributed by atoms with van der Waals surface area (Å²) in [4.78, 5) is 2.42. The van der Waals surface area contributed by atoms with Crippen LogP contribution in [0.5, 0.6) is 0 Å². The SMILES string of the molecule is CC(C#N)CN1CCN([Si](C)(C)C(C)(C)C)C1. The Morgan fingerprint density at radius 1 is 1.29 bits per heavy atom. The van der Waals surface area contributed by atoms with Gasteiger partial charge >= 0.3 is 0 Å². The van der Waals surface area contributed by atoms with Crippen molar-refractivity contribution in [1.29, 1.82) is 5.26 Å². The summed E-state index contributed by atoms with van der Waals surface area (Å²) >= 11 is 0. The van der Waals surface area contributed by atoms with Gasteiger partial charge in [-0.2, -0.15) is 5.26 Å². The van der Waals surface area contributed by atoms with Crippen molar-refractivity contribution in [2.75, 3.05) is 26.3 Å². The van der Waals surface area contributed by atoms with Crippen LogP contribution in [0.4, 0.5) is 0 Å². The van der Waals surface area contributed by atoms with Gasteiger partial charge in [-0.25, -0.2) is 0 Å². The van der Waals surface area contributed by atoms with Crippen molar-refractivity contribution >= 4 is 8.24 Å². The van der Waals surface area contributed by atoms with Gasteiger partial charge in [-0.1, -0.05) is 33.9 Å². The van der Waals surface area contributed by atoms with Gasteiger partial charge in [0, 0.05) is 26.3 Å². The van der Waals surface area contributed by atoms with Crippen LogP contribution in [0.1, 0.15) is 27.7 Å². The lowest BCUT2D eigenvalue weighted by Gasteiger charge is -2.44. The van der Waals surface area contributed by atoms with Crippen LogP contribution in [-0.2, 0) is 0 Å². The minimum absolute atomic E-state index is 0.148. The van der Waals surface area contributed by atoms with Gasteiger partial charge in [-0.05, 0) is 12.0 Å². The molecule has 98 valence electrons. The first-order valence-electron chi connectivity index (χ1n) is 6.55. The number of nitriles is 1. The molecule has 3 nitrogen and oxygen atoms in total. The van der Waals surface area contributed by atoms with Gasteiger partial charge in [0.2, 0.25) is 0 Å². The van der Waals surface area contributed by atoms with E-state index in [1.807, 2.05) is 6.92 Å². The smallest absolute Gasteiger partial charge is 0.128 e. The summed E-state index contributed by atoms with van der Waals surface area (Å²) in [5.74, 6) is 0.148. The summed E-state index contributed by atoms with van der Waals surface area (Å²) in [5.41, 5.74) is 0. The Balaban J connectivity index is 2.59. The highest BCUT2D eigenvalue weighted by Crippen LogP contribution is 2.39. The van der Waals surface area contributed by atoms with E-state index in [4.69, 9.17) is 5.26 Å². The van der Waals surface area contributed by atoms with Gasteiger partial charge in [0.25, 0.3) is 0 Å². The highest BCUT2D eigenvalue weighted by atomic mass is 28.3. The van der Waals surface area contributed by atoms with Crippen LogP contribution in [0, 0.1) is 17.2 Å². The van der Waals surface area contributed by atoms with Crippen molar-refractivity contribution in [2.24, 2.45) is 5.92 Å². The van der Waals surface area contributed by atoms with Crippen molar-refractivity contribution < 1.29 is 0 Å². The van der Waals surface area contributed by atoms with E-state index in [0.717, 1.165) is 19.8 Å². The molecule has 0 aromatic carbocycles. The summed E-state index contributed by atoms with van der Waals surface area (Å²) in [6, 6.07) is 2.33. The predicted molar refractivity (Wildman–Crippen MR) is 75.1 cm³/mol. The van der Waals surface area contributed by atoms with Gasteiger partial charge < -0.3 is 4.57 Å². The Bertz CT molecular complexity index is 301. The maximum absolute atomic E-state index is 8.87. The van der Waals surface area contributed by atoms with Crippen LogP contribution in [-0.4, -0.2) is 44.0 Å². The van der Waals surface area contributed by atoms with Crippen LogP contribution in [0.3, 0.4) is 0 Å². The Morgan fingerprint density at radius 2 is 1.88 bits per heavy atom. The van der Waals surface area contributed by atoms with E-state index in [-0.39, 0.29) is 5.92 Å². The molecule has 1 rings (SSSR count). The van der Waals surface area contributed by atoms with E-state index in [1.54, 1.807) is 0 Å². The number of nitrogens with zero attached hydrogens (tertiary/aromatic N) is 3. The Morgan fingerprint density at radius 3 is 2.35 bits per heavy atom. The maximum atomic E-state index is 8.87. The fourth-order valence-electron chi connectivity index (χ4n) is 2.15. The fraction of sp³-hybridized carbons (Fsp3) is 0.923. The molecule has 0 saturated carbocycles. The van der Waals surface area contributed by atoms with E-state index in [2.05, 4.69) is 49.4 Å². The topological polar surface area (TPSA) is 30.3 Å². The standard InChI is InChI=1S/C13H27N3Si/c1-12(9-14)10-15-7-8-16(11-15)17(5,6)13(2,3)4/h12H,7-8,10-11H2,1-6H3. The van der Waals surface area contributed by atoms with E-state index in [0.29, 0.717) is 5.04 Å². The zero-order valence-corrected chi connectivity index (χ0v) is 13.2. The minimum atomic E-state index is -1.37. The second-order valence-electron chi connectivity index (χ2n) is 6.82. The largest absolute Gasteiger partial charge is 0.310 e. The third-order valence-corrected chi connectivity index (χ3v) is 10.1. The molecule has 0 bridgehead atoms. The third kappa shape index (κ3) is 3.31. The van der Waals surface area contributed by atoms with E-state index in [9.17, 15) is 0 Å². The zero-order valence-electron chi connectivity index (χ0n) is 12.2. The molecule has 1 fully saturated rings. The molecule has 1 saturated heterocycles. The van der Waals surface area contributed by atoms with Crippen molar-refractivity contribution in [1.82, 2.24) is 9.47 Å². The van der Waals surface area contributed by atoms with Crippen molar-refractivity contribution in [2.45, 2.75) is 45.8 Å². The van der Waals surface area contributed by atoms with Gasteiger partial charge in [0.15, 0.2) is 0 Å². The summed E-state index contributed by atoms with van der Waals surface area (Å²) in [6.07, 6.45) is 0. The van der Waals surface area contributed by atoms with Crippen LogP contribution in [0.25, 0.3) is 0 Å². The van der Waals surface area contributed by atoms with Gasteiger partial charge in [0.05, 0.1) is 12.0 Å². The molecule has 0 amide bonds. The lowest BCUT2D eigenvalue weighted by atomic mass is 10.2. The Hall–Kier alpha value is -0.373. The lowest BCUT2D eigenvalue weighted by molar-refractivity contribution is 0.279. The maximum Gasteiger partial charge on any atom is 0.128 e. The monoisotopic (exact) mass is 253 g/mol. The number of hydrogen-bond acceptors (Lipinski definition) is 3. The van der Waals surface area contributed by atoms with Gasteiger partial charge in [0.1, 0.15) is 8.24 Å². The molecule has 17 heavy (non-hydrogen) atoms. The quantitative estimate of drug-likeness (QED) is 0.725. The molecule has 1 atom stereocenters. The van der Waals surface area contributed by atoms with Crippen LogP contribution in [0.2, 0.25) is 18.1 Å². The molecule has 0 N–H and O–H groups in total. The summed E-state index contributed by atoms with van der Waals surface area (Å²) in [7, 11) is -1.37. The summed E-state index contributed by atoms with van der Waals surface area (Å²) < 4.78 is 2.68. The molecular weight excluding hydrogens is 226 g/mol. The van der Waals surface area contributed by atoms with E-state index < -0.39 is 8.24 Å². The molecule has 0 aromatic rings. The molecular formula is C13H27N3Si. The van der Waals surface area contributed by atoms with Gasteiger partial charge in [-0.3, -0.25) is 4.90 Å². The molecule has 0 aliphatic carbocycles. The highest BCUT2D eigenvalue weighted by Gasteiger charge is 2.43. The molecule has 1 aliphatic rings. The summed E-state index contributed by atoms with van der Waals surface area (Å²) in [5, 5.41) is 9.28. The van der Waals surface area contributed by atoms with Crippen LogP contribution >= 0.6 is 0 Å². The Kier molecular flexibility index (Phi) is 4.40. The summed E-state index contributed by atoms with van der Waals surface area (Å²) in [6.45, 7) is 18.3.